The van der Waals surface area contributed by atoms with Gasteiger partial charge in [0.15, 0.2) is 0 Å². The number of nitrogens with zero attached hydrogens (tertiary/aromatic N) is 3. The number of aromatic nitrogens is 2. The summed E-state index contributed by atoms with van der Waals surface area (Å²) in [5.74, 6) is 0.606. The Balaban J connectivity index is 2.48. The molecular formula is C13H19N3OS. The largest absolute Gasteiger partial charge is 0.344 e. The number of rotatable bonds is 3. The van der Waals surface area contributed by atoms with Gasteiger partial charge in [-0.05, 0) is 18.9 Å². The fourth-order valence-electron chi connectivity index (χ4n) is 1.91. The van der Waals surface area contributed by atoms with Crippen LogP contribution in [0.3, 0.4) is 0 Å². The Hall–Kier alpha value is -1.36. The molecule has 0 atom stereocenters. The van der Waals surface area contributed by atoms with E-state index in [2.05, 4.69) is 18.9 Å². The first-order valence-electron chi connectivity index (χ1n) is 6.08. The van der Waals surface area contributed by atoms with Crippen LogP contribution in [0.4, 0.5) is 0 Å². The fourth-order valence-corrected chi connectivity index (χ4v) is 3.10. The van der Waals surface area contributed by atoms with Gasteiger partial charge in [0.2, 0.25) is 0 Å². The van der Waals surface area contributed by atoms with Crippen LogP contribution in [0.5, 0.6) is 0 Å². The maximum absolute atomic E-state index is 12.0. The lowest BCUT2D eigenvalue weighted by Gasteiger charge is -2.07. The summed E-state index contributed by atoms with van der Waals surface area (Å²) in [6.45, 7) is 7.22. The van der Waals surface area contributed by atoms with Crippen molar-refractivity contribution in [2.45, 2.75) is 27.3 Å². The van der Waals surface area contributed by atoms with Crippen molar-refractivity contribution in [1.82, 2.24) is 14.7 Å². The minimum atomic E-state index is 0.0618. The quantitative estimate of drug-likeness (QED) is 0.856. The molecule has 0 radical (unpaired) electrons. The molecule has 0 aliphatic rings. The highest BCUT2D eigenvalue weighted by atomic mass is 32.1. The van der Waals surface area contributed by atoms with Crippen LogP contribution in [0.15, 0.2) is 6.07 Å². The SMILES string of the molecule is Cc1nn(CC(C)C)c2sc(C(=O)N(C)C)cc12. The van der Waals surface area contributed by atoms with Gasteiger partial charge < -0.3 is 4.90 Å². The van der Waals surface area contributed by atoms with Crippen molar-refractivity contribution in [2.75, 3.05) is 14.1 Å². The van der Waals surface area contributed by atoms with Crippen LogP contribution in [0, 0.1) is 12.8 Å². The lowest BCUT2D eigenvalue weighted by atomic mass is 10.2. The van der Waals surface area contributed by atoms with Crippen LogP contribution >= 0.6 is 11.3 Å². The van der Waals surface area contributed by atoms with Crippen molar-refractivity contribution < 1.29 is 4.79 Å². The summed E-state index contributed by atoms with van der Waals surface area (Å²) in [5.41, 5.74) is 1.000. The number of fused-ring (bicyclic) bond motifs is 1. The van der Waals surface area contributed by atoms with E-state index < -0.39 is 0 Å². The molecule has 1 amide bonds. The first-order chi connectivity index (χ1) is 8.40. The van der Waals surface area contributed by atoms with Crippen molar-refractivity contribution in [2.24, 2.45) is 5.92 Å². The molecule has 2 aromatic heterocycles. The highest BCUT2D eigenvalue weighted by Crippen LogP contribution is 2.29. The summed E-state index contributed by atoms with van der Waals surface area (Å²) in [7, 11) is 3.56. The predicted molar refractivity (Wildman–Crippen MR) is 75.2 cm³/mol. The van der Waals surface area contributed by atoms with E-state index in [-0.39, 0.29) is 5.91 Å². The molecule has 0 saturated heterocycles. The monoisotopic (exact) mass is 265 g/mol. The maximum atomic E-state index is 12.0. The molecule has 0 spiro atoms. The third-order valence-electron chi connectivity index (χ3n) is 2.76. The molecule has 0 unspecified atom stereocenters. The second-order valence-electron chi connectivity index (χ2n) is 5.19. The standard InChI is InChI=1S/C13H19N3OS/c1-8(2)7-16-13-10(9(3)14-16)6-11(18-13)12(17)15(4)5/h6,8H,7H2,1-5H3. The van der Waals surface area contributed by atoms with E-state index >= 15 is 0 Å². The number of carbonyl (C=O) groups excluding carboxylic acids is 1. The van der Waals surface area contributed by atoms with Crippen LogP contribution in [0.2, 0.25) is 0 Å². The zero-order valence-corrected chi connectivity index (χ0v) is 12.3. The number of aryl methyl sites for hydroxylation is 1. The Kier molecular flexibility index (Phi) is 3.43. The molecule has 4 nitrogen and oxygen atoms in total. The van der Waals surface area contributed by atoms with E-state index in [9.17, 15) is 4.79 Å². The molecule has 18 heavy (non-hydrogen) atoms. The Labute approximate surface area is 111 Å². The highest BCUT2D eigenvalue weighted by molar-refractivity contribution is 7.20. The molecule has 2 rings (SSSR count). The van der Waals surface area contributed by atoms with E-state index in [0.29, 0.717) is 5.92 Å². The molecule has 0 N–H and O–H groups in total. The van der Waals surface area contributed by atoms with Crippen molar-refractivity contribution >= 4 is 27.5 Å². The van der Waals surface area contributed by atoms with Gasteiger partial charge in [0, 0.05) is 26.0 Å². The predicted octanol–water partition coefficient (Wildman–Crippen LogP) is 2.76. The smallest absolute Gasteiger partial charge is 0.263 e. The average molecular weight is 265 g/mol. The summed E-state index contributed by atoms with van der Waals surface area (Å²) in [6, 6.07) is 1.96. The van der Waals surface area contributed by atoms with Crippen molar-refractivity contribution in [3.05, 3.63) is 16.6 Å². The zero-order valence-electron chi connectivity index (χ0n) is 11.5. The highest BCUT2D eigenvalue weighted by Gasteiger charge is 2.17. The number of carbonyl (C=O) groups is 1. The van der Waals surface area contributed by atoms with Crippen molar-refractivity contribution in [1.29, 1.82) is 0 Å². The van der Waals surface area contributed by atoms with Crippen LogP contribution < -0.4 is 0 Å². The lowest BCUT2D eigenvalue weighted by Crippen LogP contribution is -2.20. The topological polar surface area (TPSA) is 38.1 Å². The summed E-state index contributed by atoms with van der Waals surface area (Å²) >= 11 is 1.53. The maximum Gasteiger partial charge on any atom is 0.263 e. The molecule has 5 heteroatoms. The molecule has 0 bridgehead atoms. The van der Waals surface area contributed by atoms with E-state index in [1.165, 1.54) is 11.3 Å². The second kappa shape index (κ2) is 4.72. The van der Waals surface area contributed by atoms with Crippen LogP contribution in [-0.4, -0.2) is 34.7 Å². The summed E-state index contributed by atoms with van der Waals surface area (Å²) in [5, 5.41) is 5.64. The van der Waals surface area contributed by atoms with E-state index in [1.54, 1.807) is 19.0 Å². The second-order valence-corrected chi connectivity index (χ2v) is 6.22. The first kappa shape index (κ1) is 13.1. The Morgan fingerprint density at radius 3 is 2.72 bits per heavy atom. The fraction of sp³-hybridized carbons (Fsp3) is 0.538. The molecule has 0 saturated carbocycles. The molecule has 0 fully saturated rings. The molecule has 0 aromatic carbocycles. The van der Waals surface area contributed by atoms with Gasteiger partial charge in [0.1, 0.15) is 4.83 Å². The lowest BCUT2D eigenvalue weighted by molar-refractivity contribution is 0.0832. The van der Waals surface area contributed by atoms with E-state index in [1.807, 2.05) is 17.7 Å². The molecule has 2 aromatic rings. The Morgan fingerprint density at radius 2 is 2.17 bits per heavy atom. The third kappa shape index (κ3) is 2.27. The minimum absolute atomic E-state index is 0.0618. The Morgan fingerprint density at radius 1 is 1.50 bits per heavy atom. The summed E-state index contributed by atoms with van der Waals surface area (Å²) < 4.78 is 2.02. The van der Waals surface area contributed by atoms with Crippen LogP contribution in [0.25, 0.3) is 10.2 Å². The number of hydrogen-bond donors (Lipinski definition) is 0. The van der Waals surface area contributed by atoms with Gasteiger partial charge >= 0.3 is 0 Å². The molecule has 0 aliphatic carbocycles. The Bertz CT molecular complexity index is 580. The molecule has 0 aliphatic heterocycles. The van der Waals surface area contributed by atoms with E-state index in [4.69, 9.17) is 0 Å². The van der Waals surface area contributed by atoms with Gasteiger partial charge in [-0.1, -0.05) is 13.8 Å². The zero-order chi connectivity index (χ0) is 13.4. The minimum Gasteiger partial charge on any atom is -0.344 e. The summed E-state index contributed by atoms with van der Waals surface area (Å²) in [6.07, 6.45) is 0. The first-order valence-corrected chi connectivity index (χ1v) is 6.90. The van der Waals surface area contributed by atoms with Crippen LogP contribution in [0.1, 0.15) is 29.2 Å². The van der Waals surface area contributed by atoms with Gasteiger partial charge in [-0.2, -0.15) is 5.10 Å². The van der Waals surface area contributed by atoms with Crippen molar-refractivity contribution in [3.63, 3.8) is 0 Å². The van der Waals surface area contributed by atoms with Gasteiger partial charge in [-0.25, -0.2) is 0 Å². The van der Waals surface area contributed by atoms with Gasteiger partial charge in [0.25, 0.3) is 5.91 Å². The van der Waals surface area contributed by atoms with Gasteiger partial charge in [-0.15, -0.1) is 11.3 Å². The normalized spacial score (nSPS) is 11.4. The van der Waals surface area contributed by atoms with Gasteiger partial charge in [0.05, 0.1) is 10.6 Å². The number of hydrogen-bond acceptors (Lipinski definition) is 3. The molecule has 2 heterocycles. The average Bonchev–Trinajstić information content (AvgIpc) is 2.80. The van der Waals surface area contributed by atoms with E-state index in [0.717, 1.165) is 27.3 Å². The third-order valence-corrected chi connectivity index (χ3v) is 3.90. The van der Waals surface area contributed by atoms with Crippen molar-refractivity contribution in [3.8, 4) is 0 Å². The van der Waals surface area contributed by atoms with Gasteiger partial charge in [-0.3, -0.25) is 9.48 Å². The number of amides is 1. The molecule has 98 valence electrons. The number of thiophene rings is 1. The van der Waals surface area contributed by atoms with Crippen LogP contribution in [-0.2, 0) is 6.54 Å². The molecular weight excluding hydrogens is 246 g/mol. The summed E-state index contributed by atoms with van der Waals surface area (Å²) in [4.78, 5) is 15.5.